The van der Waals surface area contributed by atoms with Crippen molar-refractivity contribution in [3.8, 4) is 0 Å². The molecule has 84 valence electrons. The maximum atomic E-state index is 12.9. The molecular weight excluding hydrogens is 215 g/mol. The van der Waals surface area contributed by atoms with E-state index in [-0.39, 0.29) is 18.2 Å². The van der Waals surface area contributed by atoms with Crippen LogP contribution in [0, 0.1) is 5.82 Å². The molecule has 1 aromatic carbocycles. The molecule has 1 saturated heterocycles. The van der Waals surface area contributed by atoms with E-state index in [9.17, 15) is 4.39 Å². The first kappa shape index (κ1) is 12.3. The summed E-state index contributed by atoms with van der Waals surface area (Å²) in [6.45, 7) is 2.54. The summed E-state index contributed by atoms with van der Waals surface area (Å²) in [6, 6.07) is 4.88. The van der Waals surface area contributed by atoms with Crippen molar-refractivity contribution in [1.82, 2.24) is 0 Å². The molecule has 1 aliphatic rings. The van der Waals surface area contributed by atoms with Crippen LogP contribution in [0.15, 0.2) is 18.2 Å². The zero-order chi connectivity index (χ0) is 9.97. The van der Waals surface area contributed by atoms with E-state index in [1.807, 2.05) is 6.07 Å². The summed E-state index contributed by atoms with van der Waals surface area (Å²) in [5, 5.41) is 0. The van der Waals surface area contributed by atoms with Crippen molar-refractivity contribution in [2.75, 3.05) is 18.0 Å². The van der Waals surface area contributed by atoms with Crippen molar-refractivity contribution in [1.29, 1.82) is 0 Å². The maximum Gasteiger partial charge on any atom is 0.123 e. The Morgan fingerprint density at radius 2 is 1.93 bits per heavy atom. The van der Waals surface area contributed by atoms with Crippen LogP contribution in [0.2, 0.25) is 0 Å². The van der Waals surface area contributed by atoms with Crippen LogP contribution in [0.5, 0.6) is 0 Å². The van der Waals surface area contributed by atoms with Gasteiger partial charge in [0.2, 0.25) is 0 Å². The summed E-state index contributed by atoms with van der Waals surface area (Å²) < 4.78 is 12.9. The van der Waals surface area contributed by atoms with Gasteiger partial charge in [-0.2, -0.15) is 0 Å². The van der Waals surface area contributed by atoms with Crippen molar-refractivity contribution in [3.05, 3.63) is 29.6 Å². The summed E-state index contributed by atoms with van der Waals surface area (Å²) >= 11 is 0. The van der Waals surface area contributed by atoms with Gasteiger partial charge in [-0.3, -0.25) is 0 Å². The fraction of sp³-hybridized carbons (Fsp3) is 0.455. The molecule has 1 aromatic rings. The number of nitrogens with zero attached hydrogens (tertiary/aromatic N) is 1. The summed E-state index contributed by atoms with van der Waals surface area (Å²) in [6.07, 6.45) is 2.45. The van der Waals surface area contributed by atoms with Crippen LogP contribution in [0.3, 0.4) is 0 Å². The molecule has 2 N–H and O–H groups in total. The molecule has 2 rings (SSSR count). The van der Waals surface area contributed by atoms with Gasteiger partial charge in [-0.15, -0.1) is 12.4 Å². The highest BCUT2D eigenvalue weighted by Crippen LogP contribution is 2.24. The van der Waals surface area contributed by atoms with Crippen LogP contribution in [0.1, 0.15) is 18.4 Å². The fourth-order valence-corrected chi connectivity index (χ4v) is 1.98. The summed E-state index contributed by atoms with van der Waals surface area (Å²) in [7, 11) is 0. The summed E-state index contributed by atoms with van der Waals surface area (Å²) in [5.41, 5.74) is 7.61. The largest absolute Gasteiger partial charge is 0.371 e. The number of halogens is 2. The van der Waals surface area contributed by atoms with Crippen LogP contribution < -0.4 is 10.6 Å². The van der Waals surface area contributed by atoms with Crippen molar-refractivity contribution in [3.63, 3.8) is 0 Å². The Morgan fingerprint density at radius 1 is 1.27 bits per heavy atom. The van der Waals surface area contributed by atoms with Crippen LogP contribution in [-0.2, 0) is 6.54 Å². The number of hydrogen-bond acceptors (Lipinski definition) is 2. The molecular formula is C11H16ClFN2. The van der Waals surface area contributed by atoms with Gasteiger partial charge in [-0.05, 0) is 36.6 Å². The van der Waals surface area contributed by atoms with Crippen LogP contribution in [-0.4, -0.2) is 13.1 Å². The van der Waals surface area contributed by atoms with E-state index in [0.29, 0.717) is 6.54 Å². The third-order valence-electron chi connectivity index (χ3n) is 2.71. The normalized spacial score (nSPS) is 15.2. The van der Waals surface area contributed by atoms with Gasteiger partial charge in [0.05, 0.1) is 0 Å². The molecule has 15 heavy (non-hydrogen) atoms. The highest BCUT2D eigenvalue weighted by Gasteiger charge is 2.15. The van der Waals surface area contributed by atoms with Gasteiger partial charge in [0, 0.05) is 25.3 Å². The van der Waals surface area contributed by atoms with E-state index in [1.165, 1.54) is 25.0 Å². The third-order valence-corrected chi connectivity index (χ3v) is 2.71. The average molecular weight is 231 g/mol. The van der Waals surface area contributed by atoms with E-state index < -0.39 is 0 Å². The predicted molar refractivity (Wildman–Crippen MR) is 63.0 cm³/mol. The lowest BCUT2D eigenvalue weighted by atomic mass is 10.1. The van der Waals surface area contributed by atoms with Crippen LogP contribution >= 0.6 is 12.4 Å². The van der Waals surface area contributed by atoms with Gasteiger partial charge in [0.1, 0.15) is 5.82 Å². The monoisotopic (exact) mass is 230 g/mol. The highest BCUT2D eigenvalue weighted by atomic mass is 35.5. The van der Waals surface area contributed by atoms with Gasteiger partial charge in [0.25, 0.3) is 0 Å². The standard InChI is InChI=1S/C11H15FN2.ClH/c12-10-3-4-11(9(7-10)8-13)14-5-1-2-6-14;/h3-4,7H,1-2,5-6,8,13H2;1H. The predicted octanol–water partition coefficient (Wildman–Crippen LogP) is 2.31. The Labute approximate surface area is 95.7 Å². The zero-order valence-electron chi connectivity index (χ0n) is 8.58. The second-order valence-corrected chi connectivity index (χ2v) is 3.67. The van der Waals surface area contributed by atoms with Crippen molar-refractivity contribution >= 4 is 18.1 Å². The van der Waals surface area contributed by atoms with Gasteiger partial charge < -0.3 is 10.6 Å². The SMILES string of the molecule is Cl.NCc1cc(F)ccc1N1CCCC1. The van der Waals surface area contributed by atoms with E-state index in [2.05, 4.69) is 4.90 Å². The molecule has 0 saturated carbocycles. The number of benzene rings is 1. The lowest BCUT2D eigenvalue weighted by Crippen LogP contribution is -2.20. The van der Waals surface area contributed by atoms with Gasteiger partial charge in [-0.25, -0.2) is 4.39 Å². The minimum Gasteiger partial charge on any atom is -0.371 e. The van der Waals surface area contributed by atoms with Crippen molar-refractivity contribution < 1.29 is 4.39 Å². The third kappa shape index (κ3) is 2.61. The van der Waals surface area contributed by atoms with Crippen molar-refractivity contribution in [2.45, 2.75) is 19.4 Å². The molecule has 2 nitrogen and oxygen atoms in total. The minimum atomic E-state index is -0.201. The molecule has 4 heteroatoms. The summed E-state index contributed by atoms with van der Waals surface area (Å²) in [5.74, 6) is -0.201. The lowest BCUT2D eigenvalue weighted by molar-refractivity contribution is 0.625. The number of rotatable bonds is 2. The zero-order valence-corrected chi connectivity index (χ0v) is 9.39. The Hall–Kier alpha value is -0.800. The maximum absolute atomic E-state index is 12.9. The number of hydrogen-bond donors (Lipinski definition) is 1. The molecule has 0 unspecified atom stereocenters. The smallest absolute Gasteiger partial charge is 0.123 e. The molecule has 0 aromatic heterocycles. The van der Waals surface area contributed by atoms with Gasteiger partial charge in [0.15, 0.2) is 0 Å². The second-order valence-electron chi connectivity index (χ2n) is 3.67. The van der Waals surface area contributed by atoms with Crippen LogP contribution in [0.25, 0.3) is 0 Å². The highest BCUT2D eigenvalue weighted by molar-refractivity contribution is 5.85. The molecule has 0 spiro atoms. The van der Waals surface area contributed by atoms with E-state index in [1.54, 1.807) is 0 Å². The first-order valence-electron chi connectivity index (χ1n) is 5.04. The van der Waals surface area contributed by atoms with Crippen molar-refractivity contribution in [2.24, 2.45) is 5.73 Å². The molecule has 1 fully saturated rings. The molecule has 0 aliphatic carbocycles. The van der Waals surface area contributed by atoms with Gasteiger partial charge >= 0.3 is 0 Å². The van der Waals surface area contributed by atoms with E-state index in [0.717, 1.165) is 24.3 Å². The Balaban J connectivity index is 0.00000112. The molecule has 0 bridgehead atoms. The van der Waals surface area contributed by atoms with Gasteiger partial charge in [-0.1, -0.05) is 0 Å². The number of nitrogens with two attached hydrogens (primary N) is 1. The Kier molecular flexibility index (Phi) is 4.36. The van der Waals surface area contributed by atoms with E-state index in [4.69, 9.17) is 5.73 Å². The molecule has 1 aliphatic heterocycles. The first-order valence-corrected chi connectivity index (χ1v) is 5.04. The average Bonchev–Trinajstić information content (AvgIpc) is 2.70. The second kappa shape index (κ2) is 5.33. The molecule has 0 atom stereocenters. The molecule has 0 amide bonds. The Morgan fingerprint density at radius 3 is 2.53 bits per heavy atom. The Bertz CT molecular complexity index is 324. The van der Waals surface area contributed by atoms with E-state index >= 15 is 0 Å². The first-order chi connectivity index (χ1) is 6.81. The molecule has 0 radical (unpaired) electrons. The van der Waals surface area contributed by atoms with Crippen LogP contribution in [0.4, 0.5) is 10.1 Å². The summed E-state index contributed by atoms with van der Waals surface area (Å²) in [4.78, 5) is 2.28. The molecule has 1 heterocycles. The quantitative estimate of drug-likeness (QED) is 0.845. The fourth-order valence-electron chi connectivity index (χ4n) is 1.98. The topological polar surface area (TPSA) is 29.3 Å². The number of anilines is 1. The lowest BCUT2D eigenvalue weighted by Gasteiger charge is -2.20. The minimum absolute atomic E-state index is 0.